The first-order chi connectivity index (χ1) is 8.95. The first-order valence-electron chi connectivity index (χ1n) is 5.76. The number of ether oxygens (including phenoxy) is 1. The third kappa shape index (κ3) is 2.23. The molecule has 8 heteroatoms. The van der Waals surface area contributed by atoms with Crippen LogP contribution in [0.3, 0.4) is 0 Å². The van der Waals surface area contributed by atoms with Gasteiger partial charge in [0.2, 0.25) is 0 Å². The summed E-state index contributed by atoms with van der Waals surface area (Å²) in [6, 6.07) is -0.700. The summed E-state index contributed by atoms with van der Waals surface area (Å²) in [4.78, 5) is 25.2. The Kier molecular flexibility index (Phi) is 3.82. The summed E-state index contributed by atoms with van der Waals surface area (Å²) >= 11 is 5.72. The number of alkyl halides is 1. The lowest BCUT2D eigenvalue weighted by molar-refractivity contribution is -0.0756. The van der Waals surface area contributed by atoms with Gasteiger partial charge in [0.15, 0.2) is 0 Å². The van der Waals surface area contributed by atoms with Gasteiger partial charge in [0.1, 0.15) is 11.7 Å². The summed E-state index contributed by atoms with van der Waals surface area (Å²) in [5.74, 6) is -0.0990. The monoisotopic (exact) mass is 290 g/mol. The van der Waals surface area contributed by atoms with Crippen LogP contribution in [-0.2, 0) is 4.74 Å². The summed E-state index contributed by atoms with van der Waals surface area (Å²) in [6.45, 7) is 1.13. The van der Waals surface area contributed by atoms with Crippen LogP contribution in [0.4, 0.5) is 0 Å². The van der Waals surface area contributed by atoms with E-state index in [0.29, 0.717) is 5.56 Å². The molecule has 0 radical (unpaired) electrons. The lowest BCUT2D eigenvalue weighted by Gasteiger charge is -2.28. The highest BCUT2D eigenvalue weighted by molar-refractivity contribution is 6.18. The molecule has 0 aliphatic carbocycles. The molecule has 1 aliphatic rings. The number of hydrogen-bond donors (Lipinski definition) is 3. The molecule has 1 aromatic rings. The third-order valence-corrected chi connectivity index (χ3v) is 3.89. The number of aliphatic hydroxyl groups is 2. The molecule has 106 valence electrons. The molecule has 0 bridgehead atoms. The molecule has 0 amide bonds. The summed E-state index contributed by atoms with van der Waals surface area (Å²) in [5, 5.41) is 19.5. The number of nitrogens with zero attached hydrogens (tertiary/aromatic N) is 1. The lowest BCUT2D eigenvalue weighted by Crippen LogP contribution is -2.48. The molecule has 2 rings (SSSR count). The molecule has 1 unspecified atom stereocenters. The van der Waals surface area contributed by atoms with E-state index in [-0.39, 0.29) is 12.5 Å². The van der Waals surface area contributed by atoms with Crippen LogP contribution in [0.1, 0.15) is 11.6 Å². The SMILES string of the molecule is Cc1cn(C2CO[C@@](CO)(CCl)[C@H]2O)c(=O)[nH]c1=O. The van der Waals surface area contributed by atoms with Crippen molar-refractivity contribution in [1.29, 1.82) is 0 Å². The number of halogens is 1. The van der Waals surface area contributed by atoms with Crippen LogP contribution in [0, 0.1) is 6.92 Å². The van der Waals surface area contributed by atoms with Gasteiger partial charge < -0.3 is 14.9 Å². The molecule has 3 N–H and O–H groups in total. The first kappa shape index (κ1) is 14.3. The van der Waals surface area contributed by atoms with Gasteiger partial charge >= 0.3 is 5.69 Å². The highest BCUT2D eigenvalue weighted by atomic mass is 35.5. The van der Waals surface area contributed by atoms with E-state index in [1.807, 2.05) is 0 Å². The number of aryl methyl sites for hydroxylation is 1. The maximum absolute atomic E-state index is 11.8. The summed E-state index contributed by atoms with van der Waals surface area (Å²) < 4.78 is 6.56. The fourth-order valence-corrected chi connectivity index (χ4v) is 2.46. The van der Waals surface area contributed by atoms with Crippen molar-refractivity contribution in [2.45, 2.75) is 24.7 Å². The molecule has 2 heterocycles. The molecule has 7 nitrogen and oxygen atoms in total. The molecule has 0 spiro atoms. The van der Waals surface area contributed by atoms with Crippen molar-refractivity contribution in [2.75, 3.05) is 19.1 Å². The van der Waals surface area contributed by atoms with Crippen LogP contribution in [0.15, 0.2) is 15.8 Å². The Balaban J connectivity index is 2.43. The van der Waals surface area contributed by atoms with E-state index < -0.39 is 35.6 Å². The van der Waals surface area contributed by atoms with Crippen molar-refractivity contribution in [1.82, 2.24) is 9.55 Å². The average molecular weight is 291 g/mol. The van der Waals surface area contributed by atoms with Crippen molar-refractivity contribution in [3.63, 3.8) is 0 Å². The number of rotatable bonds is 3. The van der Waals surface area contributed by atoms with Crippen molar-refractivity contribution in [3.05, 3.63) is 32.6 Å². The Hall–Kier alpha value is -1.15. The fraction of sp³-hybridized carbons (Fsp3) is 0.636. The Morgan fingerprint density at radius 1 is 1.63 bits per heavy atom. The van der Waals surface area contributed by atoms with Crippen molar-refractivity contribution < 1.29 is 14.9 Å². The maximum atomic E-state index is 11.8. The van der Waals surface area contributed by atoms with Gasteiger partial charge in [0.25, 0.3) is 5.56 Å². The molecule has 0 aromatic carbocycles. The quantitative estimate of drug-likeness (QED) is 0.603. The van der Waals surface area contributed by atoms with Crippen LogP contribution in [-0.4, -0.2) is 50.6 Å². The normalized spacial score (nSPS) is 30.7. The van der Waals surface area contributed by atoms with Gasteiger partial charge in [-0.1, -0.05) is 0 Å². The number of aliphatic hydroxyl groups excluding tert-OH is 2. The van der Waals surface area contributed by atoms with Gasteiger partial charge in [-0.25, -0.2) is 4.79 Å². The number of aromatic nitrogens is 2. The Morgan fingerprint density at radius 2 is 2.32 bits per heavy atom. The Morgan fingerprint density at radius 3 is 2.84 bits per heavy atom. The molecule has 1 aromatic heterocycles. The zero-order valence-corrected chi connectivity index (χ0v) is 11.1. The van der Waals surface area contributed by atoms with Crippen molar-refractivity contribution in [3.8, 4) is 0 Å². The van der Waals surface area contributed by atoms with E-state index in [9.17, 15) is 19.8 Å². The zero-order valence-electron chi connectivity index (χ0n) is 10.3. The minimum atomic E-state index is -1.28. The summed E-state index contributed by atoms with van der Waals surface area (Å²) in [5.41, 5.74) is -2.04. The van der Waals surface area contributed by atoms with Gasteiger partial charge in [0.05, 0.1) is 25.1 Å². The second-order valence-corrected chi connectivity index (χ2v) is 4.93. The number of H-pyrrole nitrogens is 1. The zero-order chi connectivity index (χ0) is 14.2. The Bertz CT molecular complexity index is 577. The smallest absolute Gasteiger partial charge is 0.328 e. The third-order valence-electron chi connectivity index (χ3n) is 3.44. The molecular weight excluding hydrogens is 276 g/mol. The lowest BCUT2D eigenvalue weighted by atomic mass is 9.97. The van der Waals surface area contributed by atoms with E-state index in [1.54, 1.807) is 6.92 Å². The number of hydrogen-bond acceptors (Lipinski definition) is 5. The highest BCUT2D eigenvalue weighted by Crippen LogP contribution is 2.33. The van der Waals surface area contributed by atoms with Gasteiger partial charge in [-0.3, -0.25) is 14.3 Å². The molecule has 19 heavy (non-hydrogen) atoms. The molecule has 0 saturated carbocycles. The maximum Gasteiger partial charge on any atom is 0.328 e. The van der Waals surface area contributed by atoms with Gasteiger partial charge in [-0.05, 0) is 6.92 Å². The van der Waals surface area contributed by atoms with Gasteiger partial charge in [-0.2, -0.15) is 0 Å². The molecule has 1 aliphatic heterocycles. The minimum absolute atomic E-state index is 0.0276. The topological polar surface area (TPSA) is 105 Å². The van der Waals surface area contributed by atoms with Crippen LogP contribution in [0.25, 0.3) is 0 Å². The van der Waals surface area contributed by atoms with Crippen LogP contribution in [0.2, 0.25) is 0 Å². The van der Waals surface area contributed by atoms with Crippen molar-refractivity contribution >= 4 is 11.6 Å². The second kappa shape index (κ2) is 5.09. The van der Waals surface area contributed by atoms with Crippen LogP contribution in [0.5, 0.6) is 0 Å². The average Bonchev–Trinajstić information content (AvgIpc) is 2.72. The molecule has 1 fully saturated rings. The van der Waals surface area contributed by atoms with E-state index >= 15 is 0 Å². The number of nitrogens with one attached hydrogen (secondary N) is 1. The minimum Gasteiger partial charge on any atom is -0.393 e. The van der Waals surface area contributed by atoms with Crippen LogP contribution >= 0.6 is 11.6 Å². The van der Waals surface area contributed by atoms with Crippen LogP contribution < -0.4 is 11.2 Å². The van der Waals surface area contributed by atoms with Crippen molar-refractivity contribution in [2.24, 2.45) is 0 Å². The van der Waals surface area contributed by atoms with Gasteiger partial charge in [0, 0.05) is 11.8 Å². The van der Waals surface area contributed by atoms with Gasteiger partial charge in [-0.15, -0.1) is 11.6 Å². The molecule has 1 saturated heterocycles. The van der Waals surface area contributed by atoms with E-state index in [2.05, 4.69) is 4.98 Å². The predicted octanol–water partition coefficient (Wildman–Crippen LogP) is -1.25. The number of aromatic amines is 1. The fourth-order valence-electron chi connectivity index (χ4n) is 2.14. The van der Waals surface area contributed by atoms with E-state index in [1.165, 1.54) is 10.8 Å². The Labute approximate surface area is 113 Å². The summed E-state index contributed by atoms with van der Waals surface area (Å²) in [6.07, 6.45) is 0.220. The highest BCUT2D eigenvalue weighted by Gasteiger charge is 2.49. The van der Waals surface area contributed by atoms with E-state index in [4.69, 9.17) is 16.3 Å². The predicted molar refractivity (Wildman–Crippen MR) is 67.6 cm³/mol. The molecular formula is C11H15ClN2O5. The largest absolute Gasteiger partial charge is 0.393 e. The summed E-state index contributed by atoms with van der Waals surface area (Å²) in [7, 11) is 0. The standard InChI is InChI=1S/C11H15ClN2O5/c1-6-2-14(10(18)13-9(6)17)7-3-19-11(4-12,5-15)8(7)16/h2,7-8,15-16H,3-5H2,1H3,(H,13,17,18)/t7?,8-,11+/m0/s1. The molecule has 3 atom stereocenters. The van der Waals surface area contributed by atoms with E-state index in [0.717, 1.165) is 0 Å². The second-order valence-electron chi connectivity index (χ2n) is 4.66. The first-order valence-corrected chi connectivity index (χ1v) is 6.29.